The molecule has 1 atom stereocenters. The van der Waals surface area contributed by atoms with Crippen molar-refractivity contribution < 1.29 is 9.59 Å². The van der Waals surface area contributed by atoms with Crippen LogP contribution >= 0.6 is 0 Å². The van der Waals surface area contributed by atoms with Gasteiger partial charge in [0.2, 0.25) is 11.8 Å². The summed E-state index contributed by atoms with van der Waals surface area (Å²) in [5, 5.41) is 2.89. The van der Waals surface area contributed by atoms with E-state index >= 15 is 0 Å². The van der Waals surface area contributed by atoms with Crippen molar-refractivity contribution >= 4 is 23.2 Å². The van der Waals surface area contributed by atoms with Crippen LogP contribution < -0.4 is 10.2 Å². The van der Waals surface area contributed by atoms with Crippen LogP contribution in [0.15, 0.2) is 36.7 Å². The Morgan fingerprint density at radius 1 is 1.28 bits per heavy atom. The van der Waals surface area contributed by atoms with Gasteiger partial charge < -0.3 is 10.2 Å². The number of nitrogens with one attached hydrogen (secondary N) is 1. The maximum atomic E-state index is 13.2. The molecule has 0 aliphatic carbocycles. The van der Waals surface area contributed by atoms with E-state index < -0.39 is 0 Å². The molecular weight excluding hydrogens is 314 g/mol. The molecule has 1 N–H and O–H groups in total. The zero-order valence-corrected chi connectivity index (χ0v) is 14.9. The lowest BCUT2D eigenvalue weighted by atomic mass is 9.93. The molecule has 0 saturated carbocycles. The lowest BCUT2D eigenvalue weighted by Crippen LogP contribution is -2.39. The first kappa shape index (κ1) is 17.1. The average Bonchev–Trinajstić information content (AvgIpc) is 2.63. The summed E-state index contributed by atoms with van der Waals surface area (Å²) in [6.45, 7) is 6.13. The number of carbonyl (C=O) groups is 2. The summed E-state index contributed by atoms with van der Waals surface area (Å²) in [7, 11) is 0. The molecule has 5 nitrogen and oxygen atoms in total. The first-order valence-electron chi connectivity index (χ1n) is 8.60. The third kappa shape index (κ3) is 3.40. The lowest BCUT2D eigenvalue weighted by molar-refractivity contribution is -0.119. The summed E-state index contributed by atoms with van der Waals surface area (Å²) in [5.41, 5.74) is 4.76. The molecule has 5 heteroatoms. The van der Waals surface area contributed by atoms with Crippen molar-refractivity contribution in [3.8, 4) is 0 Å². The van der Waals surface area contributed by atoms with Gasteiger partial charge in [0.15, 0.2) is 0 Å². The van der Waals surface area contributed by atoms with E-state index in [2.05, 4.69) is 10.3 Å². The number of hydrogen-bond donors (Lipinski definition) is 1. The summed E-state index contributed by atoms with van der Waals surface area (Å²) in [6.07, 6.45) is 5.20. The monoisotopic (exact) mass is 337 g/mol. The predicted octanol–water partition coefficient (Wildman–Crippen LogP) is 3.43. The van der Waals surface area contributed by atoms with Crippen molar-refractivity contribution in [2.24, 2.45) is 0 Å². The molecular formula is C20H23N3O2. The lowest BCUT2D eigenvalue weighted by Gasteiger charge is -2.34. The number of aryl methyl sites for hydroxylation is 1. The number of pyridine rings is 1. The molecule has 0 radical (unpaired) electrons. The topological polar surface area (TPSA) is 62.3 Å². The molecule has 2 amide bonds. The van der Waals surface area contributed by atoms with Crippen LogP contribution in [0.1, 0.15) is 42.9 Å². The van der Waals surface area contributed by atoms with E-state index in [1.807, 2.05) is 43.0 Å². The van der Waals surface area contributed by atoms with E-state index in [4.69, 9.17) is 0 Å². The van der Waals surface area contributed by atoms with Gasteiger partial charge in [0.05, 0.1) is 11.6 Å². The molecule has 2 heterocycles. The summed E-state index contributed by atoms with van der Waals surface area (Å²) < 4.78 is 0. The first-order valence-corrected chi connectivity index (χ1v) is 8.60. The van der Waals surface area contributed by atoms with E-state index in [1.54, 1.807) is 12.4 Å². The fraction of sp³-hybridized carbons (Fsp3) is 0.350. The van der Waals surface area contributed by atoms with E-state index in [0.717, 1.165) is 40.9 Å². The van der Waals surface area contributed by atoms with Crippen molar-refractivity contribution in [2.75, 3.05) is 16.8 Å². The van der Waals surface area contributed by atoms with Gasteiger partial charge in [0, 0.05) is 31.5 Å². The predicted molar refractivity (Wildman–Crippen MR) is 98.8 cm³/mol. The average molecular weight is 337 g/mol. The quantitative estimate of drug-likeness (QED) is 0.933. The maximum Gasteiger partial charge on any atom is 0.234 e. The molecule has 1 aliphatic rings. The fourth-order valence-electron chi connectivity index (χ4n) is 3.44. The Morgan fingerprint density at radius 2 is 2.08 bits per heavy atom. The molecule has 0 spiro atoms. The van der Waals surface area contributed by atoms with Crippen molar-refractivity contribution in [1.29, 1.82) is 0 Å². The minimum Gasteiger partial charge on any atom is -0.326 e. The molecule has 1 aromatic carbocycles. The largest absolute Gasteiger partial charge is 0.326 e. The molecule has 2 aromatic rings. The highest BCUT2D eigenvalue weighted by atomic mass is 16.2. The molecule has 0 bridgehead atoms. The van der Waals surface area contributed by atoms with Crippen LogP contribution in [0.25, 0.3) is 0 Å². The van der Waals surface area contributed by atoms with Crippen LogP contribution in [0, 0.1) is 6.92 Å². The zero-order chi connectivity index (χ0) is 18.0. The van der Waals surface area contributed by atoms with E-state index in [0.29, 0.717) is 6.54 Å². The van der Waals surface area contributed by atoms with Gasteiger partial charge in [-0.15, -0.1) is 0 Å². The number of hydrogen-bond acceptors (Lipinski definition) is 3. The molecule has 0 fully saturated rings. The summed E-state index contributed by atoms with van der Waals surface area (Å²) in [5.74, 6) is -0.293. The third-order valence-electron chi connectivity index (χ3n) is 4.69. The van der Waals surface area contributed by atoms with Gasteiger partial charge in [0.25, 0.3) is 0 Å². The summed E-state index contributed by atoms with van der Waals surface area (Å²) in [4.78, 5) is 30.6. The van der Waals surface area contributed by atoms with Crippen molar-refractivity contribution in [2.45, 2.75) is 39.5 Å². The number of fused-ring (bicyclic) bond motifs is 1. The van der Waals surface area contributed by atoms with E-state index in [1.165, 1.54) is 6.92 Å². The molecule has 3 rings (SSSR count). The second-order valence-electron chi connectivity index (χ2n) is 6.54. The van der Waals surface area contributed by atoms with Crippen molar-refractivity contribution in [3.63, 3.8) is 0 Å². The van der Waals surface area contributed by atoms with Gasteiger partial charge in [-0.25, -0.2) is 0 Å². The van der Waals surface area contributed by atoms with Gasteiger partial charge in [-0.05, 0) is 55.5 Å². The normalized spacial score (nSPS) is 14.6. The molecule has 0 unspecified atom stereocenters. The number of anilines is 2. The number of carbonyl (C=O) groups excluding carboxylic acids is 2. The Labute approximate surface area is 148 Å². The van der Waals surface area contributed by atoms with Gasteiger partial charge in [0.1, 0.15) is 0 Å². The number of rotatable bonds is 3. The number of amides is 2. The molecule has 25 heavy (non-hydrogen) atoms. The van der Waals surface area contributed by atoms with Crippen LogP contribution in [0.5, 0.6) is 0 Å². The number of nitrogens with zero attached hydrogens (tertiary/aromatic N) is 2. The first-order chi connectivity index (χ1) is 12.0. The summed E-state index contributed by atoms with van der Waals surface area (Å²) >= 11 is 0. The second kappa shape index (κ2) is 7.05. The van der Waals surface area contributed by atoms with Crippen LogP contribution in [0.3, 0.4) is 0 Å². The van der Waals surface area contributed by atoms with Gasteiger partial charge in [-0.1, -0.05) is 12.1 Å². The number of benzene rings is 1. The summed E-state index contributed by atoms with van der Waals surface area (Å²) in [6, 6.07) is 7.67. The highest BCUT2D eigenvalue weighted by Crippen LogP contribution is 2.37. The van der Waals surface area contributed by atoms with E-state index in [9.17, 15) is 9.59 Å². The highest BCUT2D eigenvalue weighted by molar-refractivity contribution is 6.01. The Morgan fingerprint density at radius 3 is 2.76 bits per heavy atom. The molecule has 130 valence electrons. The zero-order valence-electron chi connectivity index (χ0n) is 14.9. The van der Waals surface area contributed by atoms with Crippen LogP contribution in [0.4, 0.5) is 11.4 Å². The maximum absolute atomic E-state index is 13.2. The molecule has 1 aromatic heterocycles. The number of aromatic nitrogens is 1. The van der Waals surface area contributed by atoms with Gasteiger partial charge in [-0.2, -0.15) is 0 Å². The Balaban J connectivity index is 1.98. The van der Waals surface area contributed by atoms with Gasteiger partial charge >= 0.3 is 0 Å². The standard InChI is InChI=1S/C20H23N3O2/c1-13-8-9-18(22-15(3)24)17-7-5-11-23(19(13)17)20(25)14(2)16-6-4-10-21-12-16/h4,6,8-10,12,14H,5,7,11H2,1-3H3,(H,22,24)/t14-/m1/s1. The van der Waals surface area contributed by atoms with Crippen molar-refractivity contribution in [3.05, 3.63) is 53.3 Å². The Kier molecular flexibility index (Phi) is 4.83. The van der Waals surface area contributed by atoms with Crippen molar-refractivity contribution in [1.82, 2.24) is 4.98 Å². The fourth-order valence-corrected chi connectivity index (χ4v) is 3.44. The molecule has 1 aliphatic heterocycles. The SMILES string of the molecule is CC(=O)Nc1ccc(C)c2c1CCCN2C(=O)[C@H](C)c1cccnc1. The smallest absolute Gasteiger partial charge is 0.234 e. The van der Waals surface area contributed by atoms with Crippen LogP contribution in [-0.4, -0.2) is 23.3 Å². The highest BCUT2D eigenvalue weighted by Gasteiger charge is 2.29. The minimum atomic E-state index is -0.261. The van der Waals surface area contributed by atoms with Crippen LogP contribution in [0.2, 0.25) is 0 Å². The second-order valence-corrected chi connectivity index (χ2v) is 6.54. The van der Waals surface area contributed by atoms with Gasteiger partial charge in [-0.3, -0.25) is 14.6 Å². The Hall–Kier alpha value is -2.69. The van der Waals surface area contributed by atoms with Crippen LogP contribution in [-0.2, 0) is 16.0 Å². The third-order valence-corrected chi connectivity index (χ3v) is 4.69. The Bertz CT molecular complexity index is 802. The minimum absolute atomic E-state index is 0.0667. The molecule has 0 saturated heterocycles. The van der Waals surface area contributed by atoms with E-state index in [-0.39, 0.29) is 17.7 Å².